The van der Waals surface area contributed by atoms with E-state index in [0.717, 1.165) is 9.99 Å². The normalized spacial score (nSPS) is 10.2. The van der Waals surface area contributed by atoms with Crippen LogP contribution in [0, 0.1) is 3.57 Å². The van der Waals surface area contributed by atoms with Crippen LogP contribution in [0.2, 0.25) is 0 Å². The van der Waals surface area contributed by atoms with Crippen molar-refractivity contribution < 1.29 is 19.0 Å². The summed E-state index contributed by atoms with van der Waals surface area (Å²) in [5, 5.41) is 2.86. The standard InChI is InChI=1S/C18H20INO4/c1-4-9-24-17-13(19)10-12(11-16(17)23-3)18(21)20-14-7-5-6-8-15(14)22-2/h5-8,10-11H,4,9H2,1-3H3,(H,20,21). The Labute approximate surface area is 155 Å². The van der Waals surface area contributed by atoms with Crippen molar-refractivity contribution in [2.24, 2.45) is 0 Å². The van der Waals surface area contributed by atoms with Crippen molar-refractivity contribution in [3.63, 3.8) is 0 Å². The van der Waals surface area contributed by atoms with Gasteiger partial charge in [0.05, 0.1) is 30.1 Å². The molecule has 2 aromatic carbocycles. The average Bonchev–Trinajstić information content (AvgIpc) is 2.60. The van der Waals surface area contributed by atoms with Crippen LogP contribution in [-0.2, 0) is 0 Å². The van der Waals surface area contributed by atoms with Crippen molar-refractivity contribution in [2.75, 3.05) is 26.1 Å². The molecule has 2 aromatic rings. The topological polar surface area (TPSA) is 56.8 Å². The zero-order chi connectivity index (χ0) is 17.5. The monoisotopic (exact) mass is 441 g/mol. The lowest BCUT2D eigenvalue weighted by molar-refractivity contribution is 0.102. The molecule has 1 N–H and O–H groups in total. The summed E-state index contributed by atoms with van der Waals surface area (Å²) in [6, 6.07) is 10.7. The SMILES string of the molecule is CCCOc1c(I)cc(C(=O)Nc2ccccc2OC)cc1OC. The van der Waals surface area contributed by atoms with Crippen LogP contribution >= 0.6 is 22.6 Å². The van der Waals surface area contributed by atoms with E-state index in [4.69, 9.17) is 14.2 Å². The van der Waals surface area contributed by atoms with Gasteiger partial charge in [0.2, 0.25) is 0 Å². The maximum atomic E-state index is 12.6. The Balaban J connectivity index is 2.28. The fraction of sp³-hybridized carbons (Fsp3) is 0.278. The molecule has 0 spiro atoms. The molecule has 0 aliphatic carbocycles. The Bertz CT molecular complexity index is 718. The molecule has 0 radical (unpaired) electrons. The summed E-state index contributed by atoms with van der Waals surface area (Å²) in [6.07, 6.45) is 0.898. The molecule has 0 unspecified atom stereocenters. The van der Waals surface area contributed by atoms with Crippen LogP contribution in [0.3, 0.4) is 0 Å². The fourth-order valence-electron chi connectivity index (χ4n) is 2.14. The van der Waals surface area contributed by atoms with Crippen molar-refractivity contribution in [3.05, 3.63) is 45.5 Å². The minimum atomic E-state index is -0.238. The highest BCUT2D eigenvalue weighted by Gasteiger charge is 2.16. The first-order chi connectivity index (χ1) is 11.6. The van der Waals surface area contributed by atoms with E-state index in [1.54, 1.807) is 38.5 Å². The largest absolute Gasteiger partial charge is 0.495 e. The van der Waals surface area contributed by atoms with Gasteiger partial charge in [0.15, 0.2) is 11.5 Å². The molecule has 0 bridgehead atoms. The number of ether oxygens (including phenoxy) is 3. The van der Waals surface area contributed by atoms with E-state index < -0.39 is 0 Å². The van der Waals surface area contributed by atoms with Crippen LogP contribution in [0.4, 0.5) is 5.69 Å². The third-order valence-electron chi connectivity index (χ3n) is 3.30. The lowest BCUT2D eigenvalue weighted by atomic mass is 10.1. The lowest BCUT2D eigenvalue weighted by Gasteiger charge is -2.14. The second-order valence-electron chi connectivity index (χ2n) is 4.99. The zero-order valence-corrected chi connectivity index (χ0v) is 16.0. The Morgan fingerprint density at radius 1 is 1.12 bits per heavy atom. The van der Waals surface area contributed by atoms with Gasteiger partial charge in [0, 0.05) is 5.56 Å². The summed E-state index contributed by atoms with van der Waals surface area (Å²) in [4.78, 5) is 12.6. The molecule has 0 aliphatic rings. The van der Waals surface area contributed by atoms with Gasteiger partial charge in [-0.2, -0.15) is 0 Å². The molecule has 5 nitrogen and oxygen atoms in total. The van der Waals surface area contributed by atoms with Crippen molar-refractivity contribution in [1.29, 1.82) is 0 Å². The fourth-order valence-corrected chi connectivity index (χ4v) is 2.89. The number of para-hydroxylation sites is 2. The van der Waals surface area contributed by atoms with Crippen LogP contribution in [0.5, 0.6) is 17.2 Å². The predicted octanol–water partition coefficient (Wildman–Crippen LogP) is 4.35. The van der Waals surface area contributed by atoms with Gasteiger partial charge in [-0.25, -0.2) is 0 Å². The summed E-state index contributed by atoms with van der Waals surface area (Å²) in [5.41, 5.74) is 1.11. The number of amides is 1. The van der Waals surface area contributed by atoms with Crippen LogP contribution in [0.15, 0.2) is 36.4 Å². The van der Waals surface area contributed by atoms with Crippen LogP contribution < -0.4 is 19.5 Å². The van der Waals surface area contributed by atoms with Crippen molar-refractivity contribution in [1.82, 2.24) is 0 Å². The number of halogens is 1. The number of rotatable bonds is 7. The maximum absolute atomic E-state index is 12.6. The highest BCUT2D eigenvalue weighted by Crippen LogP contribution is 2.34. The van der Waals surface area contributed by atoms with Crippen LogP contribution in [-0.4, -0.2) is 26.7 Å². The second kappa shape index (κ2) is 8.77. The summed E-state index contributed by atoms with van der Waals surface area (Å²) >= 11 is 2.14. The molecule has 0 atom stereocenters. The van der Waals surface area contributed by atoms with Crippen molar-refractivity contribution in [2.45, 2.75) is 13.3 Å². The minimum Gasteiger partial charge on any atom is -0.495 e. The van der Waals surface area contributed by atoms with E-state index in [1.165, 1.54) is 0 Å². The van der Waals surface area contributed by atoms with E-state index in [9.17, 15) is 4.79 Å². The van der Waals surface area contributed by atoms with Gasteiger partial charge in [-0.1, -0.05) is 19.1 Å². The molecule has 0 fully saturated rings. The number of anilines is 1. The van der Waals surface area contributed by atoms with Gasteiger partial charge in [-0.3, -0.25) is 4.79 Å². The van der Waals surface area contributed by atoms with E-state index in [1.807, 2.05) is 19.1 Å². The van der Waals surface area contributed by atoms with Gasteiger partial charge < -0.3 is 19.5 Å². The minimum absolute atomic E-state index is 0.238. The molecule has 2 rings (SSSR count). The number of carbonyl (C=O) groups is 1. The van der Waals surface area contributed by atoms with E-state index in [0.29, 0.717) is 35.1 Å². The highest BCUT2D eigenvalue weighted by atomic mass is 127. The molecule has 0 saturated heterocycles. The Morgan fingerprint density at radius 2 is 1.83 bits per heavy atom. The first kappa shape index (κ1) is 18.4. The number of benzene rings is 2. The maximum Gasteiger partial charge on any atom is 0.255 e. The molecular formula is C18H20INO4. The average molecular weight is 441 g/mol. The first-order valence-corrected chi connectivity index (χ1v) is 8.63. The van der Waals surface area contributed by atoms with Gasteiger partial charge in [0.25, 0.3) is 5.91 Å². The molecule has 6 heteroatoms. The summed E-state index contributed by atoms with van der Waals surface area (Å²) in [6.45, 7) is 2.63. The van der Waals surface area contributed by atoms with Gasteiger partial charge in [-0.05, 0) is 53.3 Å². The summed E-state index contributed by atoms with van der Waals surface area (Å²) in [7, 11) is 3.13. The van der Waals surface area contributed by atoms with Crippen LogP contribution in [0.25, 0.3) is 0 Å². The third kappa shape index (κ3) is 4.31. The number of carbonyl (C=O) groups excluding carboxylic acids is 1. The number of hydrogen-bond donors (Lipinski definition) is 1. The Morgan fingerprint density at radius 3 is 2.50 bits per heavy atom. The predicted molar refractivity (Wildman–Crippen MR) is 102 cm³/mol. The van der Waals surface area contributed by atoms with E-state index >= 15 is 0 Å². The summed E-state index contributed by atoms with van der Waals surface area (Å²) < 4.78 is 17.2. The molecule has 0 heterocycles. The molecule has 0 aliphatic heterocycles. The summed E-state index contributed by atoms with van der Waals surface area (Å²) in [5.74, 6) is 1.57. The van der Waals surface area contributed by atoms with Crippen LogP contribution in [0.1, 0.15) is 23.7 Å². The van der Waals surface area contributed by atoms with Gasteiger partial charge in [-0.15, -0.1) is 0 Å². The zero-order valence-electron chi connectivity index (χ0n) is 13.9. The van der Waals surface area contributed by atoms with Gasteiger partial charge in [0.1, 0.15) is 5.75 Å². The molecule has 1 amide bonds. The molecule has 128 valence electrons. The molecular weight excluding hydrogens is 421 g/mol. The quantitative estimate of drug-likeness (QED) is 0.650. The molecule has 0 saturated carbocycles. The van der Waals surface area contributed by atoms with Crippen molar-refractivity contribution in [3.8, 4) is 17.2 Å². The Kier molecular flexibility index (Phi) is 6.72. The third-order valence-corrected chi connectivity index (χ3v) is 4.10. The van der Waals surface area contributed by atoms with E-state index in [2.05, 4.69) is 27.9 Å². The number of methoxy groups -OCH3 is 2. The molecule has 24 heavy (non-hydrogen) atoms. The second-order valence-corrected chi connectivity index (χ2v) is 6.15. The van der Waals surface area contributed by atoms with Crippen molar-refractivity contribution >= 4 is 34.2 Å². The van der Waals surface area contributed by atoms with Gasteiger partial charge >= 0.3 is 0 Å². The highest BCUT2D eigenvalue weighted by molar-refractivity contribution is 14.1. The first-order valence-electron chi connectivity index (χ1n) is 7.55. The Hall–Kier alpha value is -1.96. The lowest BCUT2D eigenvalue weighted by Crippen LogP contribution is -2.13. The smallest absolute Gasteiger partial charge is 0.255 e. The van der Waals surface area contributed by atoms with E-state index in [-0.39, 0.29) is 5.91 Å². The number of nitrogens with one attached hydrogen (secondary N) is 1. The number of hydrogen-bond acceptors (Lipinski definition) is 4. The molecule has 0 aromatic heterocycles.